The zero-order valence-electron chi connectivity index (χ0n) is 15.8. The van der Waals surface area contributed by atoms with Crippen LogP contribution in [0.5, 0.6) is 11.6 Å². The van der Waals surface area contributed by atoms with Gasteiger partial charge in [0.05, 0.1) is 10.7 Å². The molecule has 27 heavy (non-hydrogen) atoms. The molecule has 1 aromatic heterocycles. The van der Waals surface area contributed by atoms with Crippen molar-refractivity contribution in [2.75, 3.05) is 24.7 Å². The second-order valence-electron chi connectivity index (χ2n) is 6.90. The third-order valence-corrected chi connectivity index (χ3v) is 4.81. The van der Waals surface area contributed by atoms with Gasteiger partial charge in [0.2, 0.25) is 5.88 Å². The molecule has 0 bridgehead atoms. The molecule has 1 saturated heterocycles. The molecule has 0 amide bonds. The molecule has 0 radical (unpaired) electrons. The van der Waals surface area contributed by atoms with Crippen LogP contribution in [0.3, 0.4) is 0 Å². The fourth-order valence-electron chi connectivity index (χ4n) is 3.09. The zero-order chi connectivity index (χ0) is 19.6. The van der Waals surface area contributed by atoms with Gasteiger partial charge in [0.25, 0.3) is 5.56 Å². The molecule has 2 heterocycles. The quantitative estimate of drug-likeness (QED) is 0.743. The van der Waals surface area contributed by atoms with E-state index in [9.17, 15) is 4.79 Å². The van der Waals surface area contributed by atoms with Crippen molar-refractivity contribution in [1.82, 2.24) is 9.78 Å². The number of benzene rings is 1. The summed E-state index contributed by atoms with van der Waals surface area (Å²) in [6.45, 7) is 4.54. The minimum atomic E-state index is -0.377. The largest absolute Gasteiger partial charge is 0.434 e. The van der Waals surface area contributed by atoms with E-state index in [1.54, 1.807) is 25.2 Å². The Bertz CT molecular complexity index is 876. The van der Waals surface area contributed by atoms with Gasteiger partial charge in [-0.1, -0.05) is 25.4 Å². The molecule has 3 N–H and O–H groups in total. The number of nitrogen functional groups attached to an aromatic ring is 1. The van der Waals surface area contributed by atoms with E-state index in [1.165, 1.54) is 4.68 Å². The van der Waals surface area contributed by atoms with Crippen LogP contribution in [-0.2, 0) is 4.74 Å². The van der Waals surface area contributed by atoms with Gasteiger partial charge in [0.1, 0.15) is 0 Å². The molecule has 0 spiro atoms. The number of hydrogen-bond acceptors (Lipinski definition) is 6. The first-order valence-corrected chi connectivity index (χ1v) is 9.48. The van der Waals surface area contributed by atoms with Crippen molar-refractivity contribution >= 4 is 23.0 Å². The summed E-state index contributed by atoms with van der Waals surface area (Å²) in [5.74, 6) is 0.712. The summed E-state index contributed by atoms with van der Waals surface area (Å²) in [7, 11) is 1.75. The predicted molar refractivity (Wildman–Crippen MR) is 107 cm³/mol. The first kappa shape index (κ1) is 19.5. The van der Waals surface area contributed by atoms with Crippen molar-refractivity contribution in [3.63, 3.8) is 0 Å². The molecule has 1 atom stereocenters. The summed E-state index contributed by atoms with van der Waals surface area (Å²) >= 11 is 6.32. The highest BCUT2D eigenvalue weighted by atomic mass is 35.5. The van der Waals surface area contributed by atoms with Crippen molar-refractivity contribution < 1.29 is 9.47 Å². The number of nitrogens with one attached hydrogen (secondary N) is 1. The highest BCUT2D eigenvalue weighted by Crippen LogP contribution is 2.38. The van der Waals surface area contributed by atoms with Crippen molar-refractivity contribution in [3.05, 3.63) is 39.1 Å². The third kappa shape index (κ3) is 4.20. The van der Waals surface area contributed by atoms with Crippen LogP contribution in [0.4, 0.5) is 11.4 Å². The van der Waals surface area contributed by atoms with Gasteiger partial charge < -0.3 is 20.5 Å². The summed E-state index contributed by atoms with van der Waals surface area (Å²) in [4.78, 5) is 12.9. The van der Waals surface area contributed by atoms with Crippen LogP contribution in [0.2, 0.25) is 5.02 Å². The fourth-order valence-corrected chi connectivity index (χ4v) is 3.36. The van der Waals surface area contributed by atoms with Crippen LogP contribution < -0.4 is 21.3 Å². The lowest BCUT2D eigenvalue weighted by Crippen LogP contribution is -2.33. The van der Waals surface area contributed by atoms with Gasteiger partial charge in [-0.3, -0.25) is 4.79 Å². The van der Waals surface area contributed by atoms with Gasteiger partial charge >= 0.3 is 0 Å². The van der Waals surface area contributed by atoms with E-state index in [-0.39, 0.29) is 23.6 Å². The highest BCUT2D eigenvalue weighted by molar-refractivity contribution is 6.32. The van der Waals surface area contributed by atoms with Crippen LogP contribution in [-0.4, -0.2) is 23.4 Å². The number of nitrogens with zero attached hydrogens (tertiary/aromatic N) is 2. The minimum absolute atomic E-state index is 0.0170. The first-order valence-electron chi connectivity index (χ1n) is 9.10. The minimum Gasteiger partial charge on any atom is -0.434 e. The van der Waals surface area contributed by atoms with Crippen LogP contribution >= 0.6 is 11.6 Å². The molecule has 1 aliphatic rings. The lowest BCUT2D eigenvalue weighted by atomic mass is 10.1. The van der Waals surface area contributed by atoms with E-state index in [0.717, 1.165) is 19.3 Å². The summed E-state index contributed by atoms with van der Waals surface area (Å²) in [6.07, 6.45) is 2.36. The van der Waals surface area contributed by atoms with Gasteiger partial charge in [-0.25, -0.2) is 0 Å². The lowest BCUT2D eigenvalue weighted by molar-refractivity contribution is -0.0433. The Balaban J connectivity index is 2.06. The molecule has 2 aromatic rings. The van der Waals surface area contributed by atoms with Gasteiger partial charge in [-0.2, -0.15) is 4.68 Å². The number of aromatic nitrogens is 2. The lowest BCUT2D eigenvalue weighted by Gasteiger charge is -2.24. The van der Waals surface area contributed by atoms with E-state index >= 15 is 0 Å². The Hall–Kier alpha value is -2.25. The molecule has 1 fully saturated rings. The molecule has 0 aliphatic carbocycles. The van der Waals surface area contributed by atoms with Crippen LogP contribution in [0.1, 0.15) is 50.8 Å². The Labute approximate surface area is 163 Å². The van der Waals surface area contributed by atoms with Crippen molar-refractivity contribution in [2.45, 2.75) is 45.3 Å². The van der Waals surface area contributed by atoms with E-state index < -0.39 is 0 Å². The van der Waals surface area contributed by atoms with Gasteiger partial charge in [0.15, 0.2) is 12.0 Å². The zero-order valence-corrected chi connectivity index (χ0v) is 16.5. The monoisotopic (exact) mass is 392 g/mol. The molecular weight excluding hydrogens is 368 g/mol. The number of anilines is 2. The number of halogens is 1. The molecule has 1 aromatic carbocycles. The standard InChI is InChI=1S/C19H25ClN4O3/c1-11(2)13-10-16(23-24(19(13)25)17-6-4-5-7-26-17)27-18-14(20)8-12(21)9-15(18)22-3/h8-11,17,22H,4-7,21H2,1-3H3. The molecule has 7 nitrogen and oxygen atoms in total. The average molecular weight is 393 g/mol. The summed E-state index contributed by atoms with van der Waals surface area (Å²) in [6, 6.07) is 5.00. The second-order valence-corrected chi connectivity index (χ2v) is 7.30. The first-order chi connectivity index (χ1) is 12.9. The summed E-state index contributed by atoms with van der Waals surface area (Å²) in [5.41, 5.74) is 7.47. The Morgan fingerprint density at radius 2 is 2.15 bits per heavy atom. The smallest absolute Gasteiger partial charge is 0.272 e. The molecular formula is C19H25ClN4O3. The van der Waals surface area contributed by atoms with E-state index in [0.29, 0.717) is 34.3 Å². The maximum Gasteiger partial charge on any atom is 0.272 e. The maximum atomic E-state index is 12.9. The maximum absolute atomic E-state index is 12.9. The average Bonchev–Trinajstić information content (AvgIpc) is 2.65. The Morgan fingerprint density at radius 1 is 1.37 bits per heavy atom. The SMILES string of the molecule is CNc1cc(N)cc(Cl)c1Oc1cc(C(C)C)c(=O)n(C2CCCCO2)n1. The molecule has 146 valence electrons. The highest BCUT2D eigenvalue weighted by Gasteiger charge is 2.22. The molecule has 1 unspecified atom stereocenters. The Kier molecular flexibility index (Phi) is 5.92. The molecule has 0 saturated carbocycles. The number of nitrogens with two attached hydrogens (primary N) is 1. The molecule has 8 heteroatoms. The van der Waals surface area contributed by atoms with E-state index in [1.807, 2.05) is 13.8 Å². The van der Waals surface area contributed by atoms with E-state index in [4.69, 9.17) is 26.8 Å². The fraction of sp³-hybridized carbons (Fsp3) is 0.474. The Morgan fingerprint density at radius 3 is 2.78 bits per heavy atom. The van der Waals surface area contributed by atoms with E-state index in [2.05, 4.69) is 10.4 Å². The van der Waals surface area contributed by atoms with Crippen LogP contribution in [0, 0.1) is 0 Å². The summed E-state index contributed by atoms with van der Waals surface area (Å²) in [5, 5.41) is 7.79. The number of rotatable bonds is 5. The number of ether oxygens (including phenoxy) is 2. The van der Waals surface area contributed by atoms with Gasteiger partial charge in [-0.15, -0.1) is 5.10 Å². The number of hydrogen-bond donors (Lipinski definition) is 2. The predicted octanol–water partition coefficient (Wildman–Crippen LogP) is 4.14. The molecule has 3 rings (SSSR count). The topological polar surface area (TPSA) is 91.4 Å². The van der Waals surface area contributed by atoms with Crippen LogP contribution in [0.25, 0.3) is 0 Å². The van der Waals surface area contributed by atoms with Gasteiger partial charge in [0, 0.05) is 31.0 Å². The van der Waals surface area contributed by atoms with Crippen molar-refractivity contribution in [1.29, 1.82) is 0 Å². The van der Waals surface area contributed by atoms with Crippen molar-refractivity contribution in [2.24, 2.45) is 0 Å². The third-order valence-electron chi connectivity index (χ3n) is 4.53. The second kappa shape index (κ2) is 8.19. The normalized spacial score (nSPS) is 17.1. The van der Waals surface area contributed by atoms with Gasteiger partial charge in [-0.05, 0) is 37.3 Å². The van der Waals surface area contributed by atoms with Crippen molar-refractivity contribution in [3.8, 4) is 11.6 Å². The van der Waals surface area contributed by atoms with Crippen LogP contribution in [0.15, 0.2) is 23.0 Å². The molecule has 1 aliphatic heterocycles. The summed E-state index contributed by atoms with van der Waals surface area (Å²) < 4.78 is 13.1.